The molecule has 1 aromatic heterocycles. The van der Waals surface area contributed by atoms with Crippen LogP contribution in [0.15, 0.2) is 16.7 Å². The van der Waals surface area contributed by atoms with Gasteiger partial charge in [-0.1, -0.05) is 0 Å². The molecule has 2 amide bonds. The Morgan fingerprint density at radius 2 is 2.10 bits per heavy atom. The van der Waals surface area contributed by atoms with E-state index in [0.717, 1.165) is 25.9 Å². The van der Waals surface area contributed by atoms with Crippen LogP contribution >= 0.6 is 0 Å². The quantitative estimate of drug-likeness (QED) is 0.398. The number of rotatable bonds is 5. The second kappa shape index (κ2) is 6.53. The molecule has 0 saturated carbocycles. The number of hydrazine groups is 1. The van der Waals surface area contributed by atoms with Crippen molar-refractivity contribution in [3.8, 4) is 0 Å². The minimum Gasteiger partial charge on any atom is -0.467 e. The lowest BCUT2D eigenvalue weighted by atomic mass is 9.93. The van der Waals surface area contributed by atoms with Crippen molar-refractivity contribution in [1.82, 2.24) is 10.3 Å². The maximum Gasteiger partial charge on any atom is 0.268 e. The SMILES string of the molecule is NNC(=O)c1ccoc1CN1CCC(CC(N)=O)CC1. The van der Waals surface area contributed by atoms with Gasteiger partial charge in [0.25, 0.3) is 5.91 Å². The van der Waals surface area contributed by atoms with Crippen LogP contribution in [-0.4, -0.2) is 29.8 Å². The molecule has 0 atom stereocenters. The van der Waals surface area contributed by atoms with Crippen LogP contribution in [0.2, 0.25) is 0 Å². The molecule has 0 aromatic carbocycles. The third kappa shape index (κ3) is 3.58. The first-order valence-corrected chi connectivity index (χ1v) is 6.68. The molecule has 1 aliphatic rings. The Morgan fingerprint density at radius 3 is 2.70 bits per heavy atom. The number of nitrogens with two attached hydrogens (primary N) is 2. The fourth-order valence-corrected chi connectivity index (χ4v) is 2.58. The summed E-state index contributed by atoms with van der Waals surface area (Å²) in [5.41, 5.74) is 7.78. The summed E-state index contributed by atoms with van der Waals surface area (Å²) in [7, 11) is 0. The van der Waals surface area contributed by atoms with Crippen molar-refractivity contribution in [1.29, 1.82) is 0 Å². The fraction of sp³-hybridized carbons (Fsp3) is 0.538. The summed E-state index contributed by atoms with van der Waals surface area (Å²) in [6, 6.07) is 1.61. The molecule has 0 radical (unpaired) electrons. The summed E-state index contributed by atoms with van der Waals surface area (Å²) in [6.07, 6.45) is 3.80. The first-order chi connectivity index (χ1) is 9.60. The number of likely N-dealkylation sites (tertiary alicyclic amines) is 1. The van der Waals surface area contributed by atoms with Gasteiger partial charge in [-0.15, -0.1) is 0 Å². The lowest BCUT2D eigenvalue weighted by Gasteiger charge is -2.30. The van der Waals surface area contributed by atoms with Crippen LogP contribution < -0.4 is 17.0 Å². The maximum absolute atomic E-state index is 11.5. The number of nitrogens with one attached hydrogen (secondary N) is 1. The molecule has 2 rings (SSSR count). The highest BCUT2D eigenvalue weighted by Crippen LogP contribution is 2.22. The molecule has 1 aromatic rings. The summed E-state index contributed by atoms with van der Waals surface area (Å²) in [5.74, 6) is 5.52. The monoisotopic (exact) mass is 280 g/mol. The van der Waals surface area contributed by atoms with Crippen LogP contribution in [-0.2, 0) is 11.3 Å². The van der Waals surface area contributed by atoms with E-state index >= 15 is 0 Å². The van der Waals surface area contributed by atoms with Crippen LogP contribution in [0.25, 0.3) is 0 Å². The zero-order valence-corrected chi connectivity index (χ0v) is 11.3. The number of nitrogens with zero attached hydrogens (tertiary/aromatic N) is 1. The van der Waals surface area contributed by atoms with Crippen LogP contribution in [0.3, 0.4) is 0 Å². The Balaban J connectivity index is 1.88. The molecule has 2 heterocycles. The summed E-state index contributed by atoms with van der Waals surface area (Å²) in [5, 5.41) is 0. The third-order valence-electron chi connectivity index (χ3n) is 3.69. The zero-order chi connectivity index (χ0) is 14.5. The standard InChI is InChI=1S/C13H20N4O3/c14-12(18)7-9-1-4-17(5-2-9)8-11-10(3-6-20-11)13(19)16-15/h3,6,9H,1-2,4-5,7-8,15H2,(H2,14,18)(H,16,19). The number of nitrogen functional groups attached to an aromatic ring is 1. The lowest BCUT2D eigenvalue weighted by molar-refractivity contribution is -0.119. The van der Waals surface area contributed by atoms with Crippen molar-refractivity contribution in [3.05, 3.63) is 23.7 Å². The van der Waals surface area contributed by atoms with Crippen molar-refractivity contribution in [2.45, 2.75) is 25.8 Å². The minimum absolute atomic E-state index is 0.239. The second-order valence-electron chi connectivity index (χ2n) is 5.12. The molecule has 20 heavy (non-hydrogen) atoms. The molecule has 1 aliphatic heterocycles. The van der Waals surface area contributed by atoms with Gasteiger partial charge in [0.1, 0.15) is 5.76 Å². The predicted octanol–water partition coefficient (Wildman–Crippen LogP) is -0.0295. The van der Waals surface area contributed by atoms with Gasteiger partial charge in [-0.25, -0.2) is 5.84 Å². The maximum atomic E-state index is 11.5. The van der Waals surface area contributed by atoms with Crippen LogP contribution in [0.1, 0.15) is 35.4 Å². The number of amides is 2. The van der Waals surface area contributed by atoms with Crippen molar-refractivity contribution in [2.75, 3.05) is 13.1 Å². The largest absolute Gasteiger partial charge is 0.467 e. The van der Waals surface area contributed by atoms with E-state index in [1.54, 1.807) is 6.07 Å². The molecule has 1 fully saturated rings. The van der Waals surface area contributed by atoms with Crippen molar-refractivity contribution < 1.29 is 14.0 Å². The van der Waals surface area contributed by atoms with Gasteiger partial charge in [-0.05, 0) is 37.9 Å². The Morgan fingerprint density at radius 1 is 1.40 bits per heavy atom. The Bertz CT molecular complexity index is 478. The van der Waals surface area contributed by atoms with Gasteiger partial charge in [0.15, 0.2) is 0 Å². The highest BCUT2D eigenvalue weighted by Gasteiger charge is 2.23. The van der Waals surface area contributed by atoms with Gasteiger partial charge >= 0.3 is 0 Å². The highest BCUT2D eigenvalue weighted by atomic mass is 16.3. The number of furan rings is 1. The average molecular weight is 280 g/mol. The predicted molar refractivity (Wildman–Crippen MR) is 72.2 cm³/mol. The van der Waals surface area contributed by atoms with Gasteiger partial charge in [0.2, 0.25) is 5.91 Å². The van der Waals surface area contributed by atoms with Crippen LogP contribution in [0.5, 0.6) is 0 Å². The van der Waals surface area contributed by atoms with E-state index in [2.05, 4.69) is 10.3 Å². The molecular formula is C13H20N4O3. The first-order valence-electron chi connectivity index (χ1n) is 6.68. The fourth-order valence-electron chi connectivity index (χ4n) is 2.58. The van der Waals surface area contributed by atoms with E-state index in [4.69, 9.17) is 16.0 Å². The number of primary amides is 1. The Labute approximate surface area is 117 Å². The number of hydrogen-bond acceptors (Lipinski definition) is 5. The Kier molecular flexibility index (Phi) is 4.75. The molecule has 5 N–H and O–H groups in total. The van der Waals surface area contributed by atoms with Gasteiger partial charge in [0, 0.05) is 6.42 Å². The molecule has 7 heteroatoms. The molecule has 0 spiro atoms. The van der Waals surface area contributed by atoms with Gasteiger partial charge in [-0.2, -0.15) is 0 Å². The number of piperidine rings is 1. The highest BCUT2D eigenvalue weighted by molar-refractivity contribution is 5.94. The summed E-state index contributed by atoms with van der Waals surface area (Å²) >= 11 is 0. The van der Waals surface area contributed by atoms with E-state index in [9.17, 15) is 9.59 Å². The average Bonchev–Trinajstić information content (AvgIpc) is 2.87. The van der Waals surface area contributed by atoms with E-state index in [0.29, 0.717) is 30.2 Å². The smallest absolute Gasteiger partial charge is 0.268 e. The molecule has 7 nitrogen and oxygen atoms in total. The van der Waals surface area contributed by atoms with E-state index in [1.165, 1.54) is 6.26 Å². The molecule has 0 bridgehead atoms. The number of carbonyl (C=O) groups excluding carboxylic acids is 2. The van der Waals surface area contributed by atoms with Crippen molar-refractivity contribution in [2.24, 2.45) is 17.5 Å². The Hall–Kier alpha value is -1.86. The van der Waals surface area contributed by atoms with E-state index < -0.39 is 0 Å². The zero-order valence-electron chi connectivity index (χ0n) is 11.3. The second-order valence-corrected chi connectivity index (χ2v) is 5.12. The first kappa shape index (κ1) is 14.5. The van der Waals surface area contributed by atoms with Gasteiger partial charge in [-0.3, -0.25) is 19.9 Å². The number of carbonyl (C=O) groups is 2. The lowest BCUT2D eigenvalue weighted by Crippen LogP contribution is -2.35. The van der Waals surface area contributed by atoms with Crippen LogP contribution in [0.4, 0.5) is 0 Å². The molecule has 1 saturated heterocycles. The molecule has 0 aliphatic carbocycles. The summed E-state index contributed by atoms with van der Waals surface area (Å²) < 4.78 is 5.35. The van der Waals surface area contributed by atoms with Crippen molar-refractivity contribution in [3.63, 3.8) is 0 Å². The van der Waals surface area contributed by atoms with Gasteiger partial charge < -0.3 is 10.2 Å². The van der Waals surface area contributed by atoms with E-state index in [-0.39, 0.29) is 11.8 Å². The molecular weight excluding hydrogens is 260 g/mol. The topological polar surface area (TPSA) is 115 Å². The number of hydrogen-bond donors (Lipinski definition) is 3. The summed E-state index contributed by atoms with van der Waals surface area (Å²) in [4.78, 5) is 24.6. The third-order valence-corrected chi connectivity index (χ3v) is 3.69. The molecule has 110 valence electrons. The minimum atomic E-state index is -0.350. The van der Waals surface area contributed by atoms with Gasteiger partial charge in [0.05, 0.1) is 18.4 Å². The van der Waals surface area contributed by atoms with E-state index in [1.807, 2.05) is 0 Å². The van der Waals surface area contributed by atoms with Crippen molar-refractivity contribution >= 4 is 11.8 Å². The normalized spacial score (nSPS) is 17.1. The molecule has 0 unspecified atom stereocenters. The summed E-state index contributed by atoms with van der Waals surface area (Å²) in [6.45, 7) is 2.30. The van der Waals surface area contributed by atoms with Crippen LogP contribution in [0, 0.1) is 5.92 Å².